The molecule has 0 spiro atoms. The molecular formula is C23H24Cl2N4. The predicted octanol–water partition coefficient (Wildman–Crippen LogP) is 6.48. The van der Waals surface area contributed by atoms with E-state index in [0.29, 0.717) is 21.4 Å². The van der Waals surface area contributed by atoms with Gasteiger partial charge in [0.2, 0.25) is 0 Å². The normalized spacial score (nSPS) is 11.5. The number of halogens is 2. The zero-order valence-corrected chi connectivity index (χ0v) is 17.9. The zero-order chi connectivity index (χ0) is 20.6. The third-order valence-corrected chi connectivity index (χ3v) is 5.02. The molecule has 0 saturated heterocycles. The minimum absolute atomic E-state index is 0.548. The highest BCUT2D eigenvalue weighted by molar-refractivity contribution is 6.35. The molecule has 0 fully saturated rings. The average Bonchev–Trinajstić information content (AvgIpc) is 2.74. The van der Waals surface area contributed by atoms with Crippen molar-refractivity contribution in [3.8, 4) is 11.4 Å². The van der Waals surface area contributed by atoms with E-state index in [4.69, 9.17) is 28.2 Å². The van der Waals surface area contributed by atoms with E-state index in [2.05, 4.69) is 35.2 Å². The summed E-state index contributed by atoms with van der Waals surface area (Å²) in [5.74, 6) is 1.32. The number of hydrogen-bond acceptors (Lipinski definition) is 4. The molecule has 6 heteroatoms. The van der Waals surface area contributed by atoms with E-state index >= 15 is 0 Å². The molecule has 1 heterocycles. The number of allylic oxidation sites excluding steroid dienone is 3. The van der Waals surface area contributed by atoms with Crippen LogP contribution in [0.3, 0.4) is 0 Å². The summed E-state index contributed by atoms with van der Waals surface area (Å²) in [5, 5.41) is 9.01. The van der Waals surface area contributed by atoms with Crippen molar-refractivity contribution in [3.63, 3.8) is 0 Å². The molecule has 29 heavy (non-hydrogen) atoms. The van der Waals surface area contributed by atoms with E-state index in [9.17, 15) is 0 Å². The summed E-state index contributed by atoms with van der Waals surface area (Å²) >= 11 is 12.5. The Morgan fingerprint density at radius 3 is 2.72 bits per heavy atom. The van der Waals surface area contributed by atoms with Crippen LogP contribution in [0.1, 0.15) is 19.8 Å². The van der Waals surface area contributed by atoms with Crippen LogP contribution in [0.25, 0.3) is 22.3 Å². The Morgan fingerprint density at radius 1 is 1.10 bits per heavy atom. The van der Waals surface area contributed by atoms with Crippen LogP contribution in [0, 0.1) is 0 Å². The summed E-state index contributed by atoms with van der Waals surface area (Å²) in [4.78, 5) is 9.42. The first kappa shape index (κ1) is 21.2. The number of aromatic nitrogens is 2. The second-order valence-electron chi connectivity index (χ2n) is 6.50. The largest absolute Gasteiger partial charge is 0.387 e. The van der Waals surface area contributed by atoms with E-state index in [-0.39, 0.29) is 0 Å². The molecular weight excluding hydrogens is 403 g/mol. The average molecular weight is 427 g/mol. The topological polar surface area (TPSA) is 49.8 Å². The van der Waals surface area contributed by atoms with Crippen molar-refractivity contribution < 1.29 is 0 Å². The summed E-state index contributed by atoms with van der Waals surface area (Å²) in [5.41, 5.74) is 2.78. The fraction of sp³-hybridized carbons (Fsp3) is 0.217. The number of para-hydroxylation sites is 1. The van der Waals surface area contributed by atoms with Gasteiger partial charge in [0.15, 0.2) is 5.82 Å². The lowest BCUT2D eigenvalue weighted by Gasteiger charge is -2.13. The van der Waals surface area contributed by atoms with E-state index in [1.165, 1.54) is 5.70 Å². The highest BCUT2D eigenvalue weighted by Gasteiger charge is 2.12. The number of fused-ring (bicyclic) bond motifs is 1. The molecule has 4 nitrogen and oxygen atoms in total. The van der Waals surface area contributed by atoms with Gasteiger partial charge >= 0.3 is 0 Å². The van der Waals surface area contributed by atoms with Crippen molar-refractivity contribution in [2.75, 3.05) is 18.4 Å². The van der Waals surface area contributed by atoms with Gasteiger partial charge in [-0.05, 0) is 43.2 Å². The van der Waals surface area contributed by atoms with Gasteiger partial charge in [-0.25, -0.2) is 9.97 Å². The number of nitrogens with zero attached hydrogens (tertiary/aromatic N) is 2. The van der Waals surface area contributed by atoms with Crippen molar-refractivity contribution in [2.24, 2.45) is 0 Å². The van der Waals surface area contributed by atoms with Gasteiger partial charge in [0.25, 0.3) is 0 Å². The SMILES string of the molecule is C=CC/C=C(\CC)NCCNc1nc(-c2cc(Cl)ccc2Cl)nc2ccccc12. The van der Waals surface area contributed by atoms with Crippen LogP contribution in [0.15, 0.2) is 66.9 Å². The Kier molecular flexibility index (Phi) is 7.50. The summed E-state index contributed by atoms with van der Waals surface area (Å²) in [6, 6.07) is 13.2. The molecule has 0 saturated carbocycles. The van der Waals surface area contributed by atoms with Gasteiger partial charge in [0.05, 0.1) is 10.5 Å². The molecule has 0 aliphatic heterocycles. The van der Waals surface area contributed by atoms with Crippen molar-refractivity contribution in [1.82, 2.24) is 15.3 Å². The van der Waals surface area contributed by atoms with Crippen LogP contribution in [-0.2, 0) is 0 Å². The lowest BCUT2D eigenvalue weighted by Crippen LogP contribution is -2.22. The van der Waals surface area contributed by atoms with E-state index < -0.39 is 0 Å². The lowest BCUT2D eigenvalue weighted by atomic mass is 10.2. The smallest absolute Gasteiger partial charge is 0.163 e. The van der Waals surface area contributed by atoms with E-state index in [1.807, 2.05) is 30.3 Å². The molecule has 1 aromatic heterocycles. The van der Waals surface area contributed by atoms with E-state index in [0.717, 1.165) is 42.7 Å². The van der Waals surface area contributed by atoms with Crippen LogP contribution in [-0.4, -0.2) is 23.1 Å². The Bertz CT molecular complexity index is 1030. The molecule has 2 N–H and O–H groups in total. The first-order chi connectivity index (χ1) is 14.1. The lowest BCUT2D eigenvalue weighted by molar-refractivity contribution is 0.775. The minimum Gasteiger partial charge on any atom is -0.387 e. The molecule has 150 valence electrons. The van der Waals surface area contributed by atoms with Gasteiger partial charge < -0.3 is 10.6 Å². The molecule has 3 rings (SSSR count). The summed E-state index contributed by atoms with van der Waals surface area (Å²) < 4.78 is 0. The second kappa shape index (κ2) is 10.3. The van der Waals surface area contributed by atoms with Gasteiger partial charge in [0.1, 0.15) is 5.82 Å². The molecule has 2 aromatic carbocycles. The maximum atomic E-state index is 6.37. The zero-order valence-electron chi connectivity index (χ0n) is 16.4. The quantitative estimate of drug-likeness (QED) is 0.303. The van der Waals surface area contributed by atoms with Gasteiger partial charge in [-0.15, -0.1) is 6.58 Å². The minimum atomic E-state index is 0.548. The summed E-state index contributed by atoms with van der Waals surface area (Å²) in [7, 11) is 0. The molecule has 0 amide bonds. The molecule has 0 bridgehead atoms. The number of nitrogens with one attached hydrogen (secondary N) is 2. The Labute approximate surface area is 181 Å². The highest BCUT2D eigenvalue weighted by atomic mass is 35.5. The van der Waals surface area contributed by atoms with E-state index in [1.54, 1.807) is 18.2 Å². The Hall–Kier alpha value is -2.56. The molecule has 3 aromatic rings. The number of benzene rings is 2. The van der Waals surface area contributed by atoms with Crippen LogP contribution in [0.5, 0.6) is 0 Å². The highest BCUT2D eigenvalue weighted by Crippen LogP contribution is 2.31. The molecule has 0 atom stereocenters. The first-order valence-corrected chi connectivity index (χ1v) is 10.4. The van der Waals surface area contributed by atoms with Gasteiger partial charge in [-0.2, -0.15) is 0 Å². The fourth-order valence-corrected chi connectivity index (χ4v) is 3.35. The molecule has 0 aliphatic rings. The van der Waals surface area contributed by atoms with Crippen molar-refractivity contribution in [3.05, 3.63) is 76.9 Å². The van der Waals surface area contributed by atoms with Gasteiger partial charge in [-0.1, -0.05) is 54.4 Å². The standard InChI is InChI=1S/C23H24Cl2N4/c1-3-5-8-17(4-2)26-13-14-27-22-18-9-6-7-10-21(18)28-23(29-22)19-15-16(24)11-12-20(19)25/h3,6-12,15,26H,1,4-5,13-14H2,2H3,(H,27,28,29)/b17-8+. The third-order valence-electron chi connectivity index (χ3n) is 4.45. The monoisotopic (exact) mass is 426 g/mol. The van der Waals surface area contributed by atoms with Crippen molar-refractivity contribution >= 4 is 39.9 Å². The second-order valence-corrected chi connectivity index (χ2v) is 7.34. The summed E-state index contributed by atoms with van der Waals surface area (Å²) in [6.07, 6.45) is 5.88. The maximum absolute atomic E-state index is 6.37. The predicted molar refractivity (Wildman–Crippen MR) is 125 cm³/mol. The molecule has 0 radical (unpaired) electrons. The Morgan fingerprint density at radius 2 is 1.93 bits per heavy atom. The fourth-order valence-electron chi connectivity index (χ4n) is 2.97. The summed E-state index contributed by atoms with van der Waals surface area (Å²) in [6.45, 7) is 7.39. The van der Waals surface area contributed by atoms with Gasteiger partial charge in [0, 0.05) is 34.8 Å². The van der Waals surface area contributed by atoms with Crippen LogP contribution < -0.4 is 10.6 Å². The van der Waals surface area contributed by atoms with Crippen LogP contribution in [0.4, 0.5) is 5.82 Å². The van der Waals surface area contributed by atoms with Crippen LogP contribution >= 0.6 is 23.2 Å². The Balaban J connectivity index is 1.83. The number of anilines is 1. The van der Waals surface area contributed by atoms with Crippen LogP contribution in [0.2, 0.25) is 10.0 Å². The first-order valence-electron chi connectivity index (χ1n) is 9.62. The number of hydrogen-bond donors (Lipinski definition) is 2. The van der Waals surface area contributed by atoms with Crippen molar-refractivity contribution in [2.45, 2.75) is 19.8 Å². The maximum Gasteiger partial charge on any atom is 0.163 e. The molecule has 0 unspecified atom stereocenters. The molecule has 0 aliphatic carbocycles. The number of rotatable bonds is 9. The van der Waals surface area contributed by atoms with Crippen molar-refractivity contribution in [1.29, 1.82) is 0 Å². The van der Waals surface area contributed by atoms with Gasteiger partial charge in [-0.3, -0.25) is 0 Å². The third kappa shape index (κ3) is 5.49.